The Kier molecular flexibility index (Phi) is 4.29. The number of sulfonamides is 1. The second-order valence-electron chi connectivity index (χ2n) is 4.05. The summed E-state index contributed by atoms with van der Waals surface area (Å²) in [5.41, 5.74) is 0.0689. The summed E-state index contributed by atoms with van der Waals surface area (Å²) in [5.74, 6) is -1.44. The number of anilines is 1. The number of hydrogen-bond donors (Lipinski definition) is 2. The van der Waals surface area contributed by atoms with Gasteiger partial charge in [0.05, 0.1) is 16.7 Å². The van der Waals surface area contributed by atoms with Crippen molar-refractivity contribution in [3.63, 3.8) is 0 Å². The lowest BCUT2D eigenvalue weighted by molar-refractivity contribution is 0.102. The molecule has 0 aliphatic carbocycles. The first kappa shape index (κ1) is 15.1. The summed E-state index contributed by atoms with van der Waals surface area (Å²) in [6.07, 6.45) is 2.22. The van der Waals surface area contributed by atoms with Gasteiger partial charge in [-0.25, -0.2) is 17.5 Å². The molecule has 2 aromatic rings. The van der Waals surface area contributed by atoms with E-state index in [4.69, 9.17) is 0 Å². The van der Waals surface area contributed by atoms with Crippen LogP contribution in [0.15, 0.2) is 47.6 Å². The fourth-order valence-corrected chi connectivity index (χ4v) is 2.39. The van der Waals surface area contributed by atoms with E-state index in [1.807, 2.05) is 0 Å². The van der Waals surface area contributed by atoms with Gasteiger partial charge in [0.15, 0.2) is 5.82 Å². The van der Waals surface area contributed by atoms with Gasteiger partial charge in [0, 0.05) is 11.9 Å². The maximum atomic E-state index is 13.4. The van der Waals surface area contributed by atoms with Gasteiger partial charge in [0.1, 0.15) is 0 Å². The molecule has 2 N–H and O–H groups in total. The lowest BCUT2D eigenvalue weighted by Gasteiger charge is -2.08. The summed E-state index contributed by atoms with van der Waals surface area (Å²) in [4.78, 5) is 15.5. The molecule has 110 valence electrons. The van der Waals surface area contributed by atoms with E-state index in [2.05, 4.69) is 15.0 Å². The summed E-state index contributed by atoms with van der Waals surface area (Å²) in [6.45, 7) is 0. The average molecular weight is 309 g/mol. The molecular weight excluding hydrogens is 297 g/mol. The third-order valence-corrected chi connectivity index (χ3v) is 4.10. The van der Waals surface area contributed by atoms with Gasteiger partial charge in [-0.2, -0.15) is 0 Å². The van der Waals surface area contributed by atoms with Crippen molar-refractivity contribution in [2.24, 2.45) is 0 Å². The molecule has 0 radical (unpaired) electrons. The number of carbonyl (C=O) groups excluding carboxylic acids is 1. The number of nitrogens with one attached hydrogen (secondary N) is 2. The minimum Gasteiger partial charge on any atom is -0.322 e. The largest absolute Gasteiger partial charge is 0.322 e. The minimum absolute atomic E-state index is 0.00185. The quantitative estimate of drug-likeness (QED) is 0.893. The van der Waals surface area contributed by atoms with Crippen LogP contribution in [0.25, 0.3) is 0 Å². The second kappa shape index (κ2) is 5.98. The van der Waals surface area contributed by atoms with E-state index in [0.29, 0.717) is 0 Å². The van der Waals surface area contributed by atoms with Crippen LogP contribution in [-0.4, -0.2) is 26.4 Å². The first-order valence-electron chi connectivity index (χ1n) is 5.88. The first-order chi connectivity index (χ1) is 9.94. The average Bonchev–Trinajstić information content (AvgIpc) is 2.48. The van der Waals surface area contributed by atoms with Gasteiger partial charge in [-0.05, 0) is 31.3 Å². The normalized spacial score (nSPS) is 11.1. The van der Waals surface area contributed by atoms with E-state index in [1.54, 1.807) is 0 Å². The van der Waals surface area contributed by atoms with Crippen molar-refractivity contribution in [1.29, 1.82) is 0 Å². The molecule has 8 heteroatoms. The van der Waals surface area contributed by atoms with Crippen LogP contribution in [0, 0.1) is 5.82 Å². The smallest absolute Gasteiger partial charge is 0.258 e. The van der Waals surface area contributed by atoms with E-state index < -0.39 is 21.7 Å². The Bertz CT molecular complexity index is 778. The number of pyridine rings is 1. The second-order valence-corrected chi connectivity index (χ2v) is 5.93. The molecule has 0 aliphatic heterocycles. The molecule has 0 aliphatic rings. The molecule has 1 heterocycles. The zero-order valence-electron chi connectivity index (χ0n) is 11.0. The Hall–Kier alpha value is -2.32. The van der Waals surface area contributed by atoms with E-state index >= 15 is 0 Å². The van der Waals surface area contributed by atoms with Crippen molar-refractivity contribution in [1.82, 2.24) is 9.71 Å². The molecule has 1 aromatic carbocycles. The lowest BCUT2D eigenvalue weighted by Crippen LogP contribution is -2.19. The molecular formula is C13H12FN3O3S. The van der Waals surface area contributed by atoms with Crippen molar-refractivity contribution in [3.05, 3.63) is 54.1 Å². The van der Waals surface area contributed by atoms with Crippen molar-refractivity contribution >= 4 is 21.6 Å². The van der Waals surface area contributed by atoms with Crippen LogP contribution >= 0.6 is 0 Å². The molecule has 0 fully saturated rings. The fraction of sp³-hybridized carbons (Fsp3) is 0.0769. The predicted octanol–water partition coefficient (Wildman–Crippen LogP) is 1.38. The Morgan fingerprint density at radius 1 is 1.29 bits per heavy atom. The van der Waals surface area contributed by atoms with Gasteiger partial charge < -0.3 is 5.32 Å². The number of benzene rings is 1. The zero-order chi connectivity index (χ0) is 15.5. The lowest BCUT2D eigenvalue weighted by atomic mass is 10.2. The summed E-state index contributed by atoms with van der Waals surface area (Å²) >= 11 is 0. The number of carbonyl (C=O) groups is 1. The zero-order valence-corrected chi connectivity index (χ0v) is 11.8. The van der Waals surface area contributed by atoms with E-state index in [9.17, 15) is 17.6 Å². The summed E-state index contributed by atoms with van der Waals surface area (Å²) < 4.78 is 38.9. The molecule has 1 amide bonds. The van der Waals surface area contributed by atoms with Crippen LogP contribution < -0.4 is 10.0 Å². The fourth-order valence-electron chi connectivity index (χ4n) is 1.62. The SMILES string of the molecule is CNS(=O)(=O)c1cccc(NC(=O)c2ccncc2F)c1. The third-order valence-electron chi connectivity index (χ3n) is 2.69. The Labute approximate surface area is 121 Å². The van der Waals surface area contributed by atoms with Gasteiger partial charge in [0.25, 0.3) is 5.91 Å². The molecule has 21 heavy (non-hydrogen) atoms. The Morgan fingerprint density at radius 3 is 2.71 bits per heavy atom. The van der Waals surface area contributed by atoms with Gasteiger partial charge in [-0.1, -0.05) is 6.07 Å². The van der Waals surface area contributed by atoms with Crippen LogP contribution in [0.4, 0.5) is 10.1 Å². The summed E-state index contributed by atoms with van der Waals surface area (Å²) in [7, 11) is -2.33. The van der Waals surface area contributed by atoms with Crippen molar-refractivity contribution in [2.45, 2.75) is 4.90 Å². The molecule has 0 bridgehead atoms. The van der Waals surface area contributed by atoms with Gasteiger partial charge >= 0.3 is 0 Å². The van der Waals surface area contributed by atoms with E-state index in [-0.39, 0.29) is 16.1 Å². The van der Waals surface area contributed by atoms with Crippen molar-refractivity contribution < 1.29 is 17.6 Å². The number of rotatable bonds is 4. The molecule has 1 aromatic heterocycles. The minimum atomic E-state index is -3.61. The molecule has 0 spiro atoms. The van der Waals surface area contributed by atoms with Crippen LogP contribution in [0.2, 0.25) is 0 Å². The number of halogens is 1. The van der Waals surface area contributed by atoms with Gasteiger partial charge in [-0.3, -0.25) is 9.78 Å². The highest BCUT2D eigenvalue weighted by atomic mass is 32.2. The molecule has 0 unspecified atom stereocenters. The van der Waals surface area contributed by atoms with Gasteiger partial charge in [0.2, 0.25) is 10.0 Å². The van der Waals surface area contributed by atoms with Crippen LogP contribution in [0.3, 0.4) is 0 Å². The van der Waals surface area contributed by atoms with Crippen molar-refractivity contribution in [2.75, 3.05) is 12.4 Å². The standard InChI is InChI=1S/C13H12FN3O3S/c1-15-21(19,20)10-4-2-3-9(7-10)17-13(18)11-5-6-16-8-12(11)14/h2-8,15H,1H3,(H,17,18). The van der Waals surface area contributed by atoms with E-state index in [0.717, 1.165) is 6.20 Å². The molecule has 0 atom stereocenters. The van der Waals surface area contributed by atoms with Gasteiger partial charge in [-0.15, -0.1) is 0 Å². The Morgan fingerprint density at radius 2 is 2.05 bits per heavy atom. The Balaban J connectivity index is 2.27. The molecule has 2 rings (SSSR count). The van der Waals surface area contributed by atoms with Crippen LogP contribution in [0.5, 0.6) is 0 Å². The third kappa shape index (κ3) is 3.41. The monoisotopic (exact) mass is 309 g/mol. The molecule has 6 nitrogen and oxygen atoms in total. The summed E-state index contributed by atoms with van der Waals surface area (Å²) in [5, 5.41) is 2.44. The summed E-state index contributed by atoms with van der Waals surface area (Å²) in [6, 6.07) is 6.88. The predicted molar refractivity (Wildman–Crippen MR) is 74.8 cm³/mol. The number of aromatic nitrogens is 1. The van der Waals surface area contributed by atoms with Crippen LogP contribution in [0.1, 0.15) is 10.4 Å². The van der Waals surface area contributed by atoms with E-state index in [1.165, 1.54) is 43.6 Å². The van der Waals surface area contributed by atoms with Crippen LogP contribution in [-0.2, 0) is 10.0 Å². The number of nitrogens with zero attached hydrogens (tertiary/aromatic N) is 1. The van der Waals surface area contributed by atoms with Crippen molar-refractivity contribution in [3.8, 4) is 0 Å². The highest BCUT2D eigenvalue weighted by Gasteiger charge is 2.14. The topological polar surface area (TPSA) is 88.2 Å². The number of amides is 1. The first-order valence-corrected chi connectivity index (χ1v) is 7.37. The maximum Gasteiger partial charge on any atom is 0.258 e. The maximum absolute atomic E-state index is 13.4. The highest BCUT2D eigenvalue weighted by molar-refractivity contribution is 7.89. The molecule has 0 saturated carbocycles. The highest BCUT2D eigenvalue weighted by Crippen LogP contribution is 2.16. The number of hydrogen-bond acceptors (Lipinski definition) is 4. The molecule has 0 saturated heterocycles.